The highest BCUT2D eigenvalue weighted by atomic mass is 19.1. The van der Waals surface area contributed by atoms with E-state index in [0.717, 1.165) is 6.07 Å². The Kier molecular flexibility index (Phi) is 4.18. The lowest BCUT2D eigenvalue weighted by molar-refractivity contribution is -0.136. The van der Waals surface area contributed by atoms with Crippen LogP contribution in [0.5, 0.6) is 5.75 Å². The van der Waals surface area contributed by atoms with Crippen molar-refractivity contribution in [3.8, 4) is 5.75 Å². The van der Waals surface area contributed by atoms with Crippen LogP contribution in [0.3, 0.4) is 0 Å². The van der Waals surface area contributed by atoms with Crippen LogP contribution in [0.15, 0.2) is 42.5 Å². The molecule has 1 amide bonds. The van der Waals surface area contributed by atoms with Gasteiger partial charge in [0.15, 0.2) is 0 Å². The Bertz CT molecular complexity index is 700. The Labute approximate surface area is 119 Å². The van der Waals surface area contributed by atoms with E-state index in [1.165, 1.54) is 36.4 Å². The number of carboxylic acids is 1. The van der Waals surface area contributed by atoms with Crippen LogP contribution in [0, 0.1) is 5.82 Å². The number of anilines is 1. The molecule has 6 heteroatoms. The van der Waals surface area contributed by atoms with Gasteiger partial charge in [0.25, 0.3) is 5.91 Å². The lowest BCUT2D eigenvalue weighted by atomic mass is 10.1. The van der Waals surface area contributed by atoms with Crippen LogP contribution in [0.4, 0.5) is 10.1 Å². The summed E-state index contributed by atoms with van der Waals surface area (Å²) in [7, 11) is 0. The minimum atomic E-state index is -1.02. The first-order valence-corrected chi connectivity index (χ1v) is 6.06. The van der Waals surface area contributed by atoms with Crippen LogP contribution in [0.1, 0.15) is 15.9 Å². The Morgan fingerprint density at radius 1 is 1.14 bits per heavy atom. The molecule has 2 aromatic rings. The van der Waals surface area contributed by atoms with E-state index >= 15 is 0 Å². The van der Waals surface area contributed by atoms with Crippen LogP contribution >= 0.6 is 0 Å². The Morgan fingerprint density at radius 3 is 2.57 bits per heavy atom. The molecule has 0 aliphatic heterocycles. The van der Waals surface area contributed by atoms with Gasteiger partial charge in [0, 0.05) is 5.56 Å². The van der Waals surface area contributed by atoms with Gasteiger partial charge in [0.1, 0.15) is 11.6 Å². The molecule has 0 unspecified atom stereocenters. The van der Waals surface area contributed by atoms with Crippen molar-refractivity contribution in [1.29, 1.82) is 0 Å². The van der Waals surface area contributed by atoms with Crippen LogP contribution in [-0.2, 0) is 11.2 Å². The molecule has 2 aromatic carbocycles. The zero-order chi connectivity index (χ0) is 15.4. The first-order chi connectivity index (χ1) is 9.95. The molecule has 0 atom stereocenters. The zero-order valence-electron chi connectivity index (χ0n) is 10.8. The molecule has 0 saturated carbocycles. The number of carbonyl (C=O) groups excluding carboxylic acids is 1. The topological polar surface area (TPSA) is 86.6 Å². The van der Waals surface area contributed by atoms with Crippen molar-refractivity contribution in [3.05, 3.63) is 59.4 Å². The fraction of sp³-hybridized carbons (Fsp3) is 0.0667. The largest absolute Gasteiger partial charge is 0.506 e. The second kappa shape index (κ2) is 6.04. The molecule has 108 valence electrons. The lowest BCUT2D eigenvalue weighted by Gasteiger charge is -2.09. The second-order valence-corrected chi connectivity index (χ2v) is 4.39. The monoisotopic (exact) mass is 289 g/mol. The van der Waals surface area contributed by atoms with Gasteiger partial charge in [-0.15, -0.1) is 0 Å². The average molecular weight is 289 g/mol. The molecule has 0 radical (unpaired) electrons. The second-order valence-electron chi connectivity index (χ2n) is 4.39. The molecule has 2 rings (SSSR count). The molecule has 5 nitrogen and oxygen atoms in total. The van der Waals surface area contributed by atoms with Gasteiger partial charge in [-0.2, -0.15) is 0 Å². The van der Waals surface area contributed by atoms with Crippen molar-refractivity contribution in [2.24, 2.45) is 0 Å². The van der Waals surface area contributed by atoms with Gasteiger partial charge in [-0.3, -0.25) is 9.59 Å². The highest BCUT2D eigenvalue weighted by molar-refractivity contribution is 6.05. The molecule has 0 heterocycles. The molecule has 3 N–H and O–H groups in total. The number of amides is 1. The Balaban J connectivity index is 2.22. The van der Waals surface area contributed by atoms with E-state index in [1.54, 1.807) is 0 Å². The van der Waals surface area contributed by atoms with E-state index in [0.29, 0.717) is 5.56 Å². The predicted octanol–water partition coefficient (Wildman–Crippen LogP) is 2.41. The molecule has 0 aliphatic carbocycles. The zero-order valence-corrected chi connectivity index (χ0v) is 10.8. The number of phenolic OH excluding ortho intramolecular Hbond substituents is 1. The summed E-state index contributed by atoms with van der Waals surface area (Å²) >= 11 is 0. The number of hydrogen-bond donors (Lipinski definition) is 3. The molecule has 0 spiro atoms. The van der Waals surface area contributed by atoms with Crippen molar-refractivity contribution < 1.29 is 24.2 Å². The van der Waals surface area contributed by atoms with Crippen molar-refractivity contribution >= 4 is 17.6 Å². The number of phenols is 1. The molecule has 0 bridgehead atoms. The summed E-state index contributed by atoms with van der Waals surface area (Å²) in [4.78, 5) is 22.6. The van der Waals surface area contributed by atoms with Crippen molar-refractivity contribution in [2.75, 3.05) is 5.32 Å². The van der Waals surface area contributed by atoms with Gasteiger partial charge in [-0.05, 0) is 35.9 Å². The maximum atomic E-state index is 13.1. The van der Waals surface area contributed by atoms with E-state index in [-0.39, 0.29) is 23.4 Å². The number of rotatable bonds is 4. The van der Waals surface area contributed by atoms with E-state index in [9.17, 15) is 19.1 Å². The predicted molar refractivity (Wildman–Crippen MR) is 73.8 cm³/mol. The van der Waals surface area contributed by atoms with Gasteiger partial charge in [0.05, 0.1) is 12.1 Å². The molecular weight excluding hydrogens is 277 g/mol. The van der Waals surface area contributed by atoms with Crippen molar-refractivity contribution in [1.82, 2.24) is 0 Å². The molecular formula is C15H12FNO4. The summed E-state index contributed by atoms with van der Waals surface area (Å²) in [5, 5.41) is 20.8. The number of aromatic hydroxyl groups is 1. The Morgan fingerprint density at radius 2 is 1.90 bits per heavy atom. The highest BCUT2D eigenvalue weighted by Gasteiger charge is 2.11. The maximum Gasteiger partial charge on any atom is 0.307 e. The third-order valence-electron chi connectivity index (χ3n) is 2.75. The number of benzene rings is 2. The number of carboxylic acid groups (broad SMARTS) is 1. The summed E-state index contributed by atoms with van der Waals surface area (Å²) in [6, 6.07) is 9.19. The number of halogens is 1. The van der Waals surface area contributed by atoms with E-state index in [4.69, 9.17) is 5.11 Å². The number of nitrogens with one attached hydrogen (secondary N) is 1. The van der Waals surface area contributed by atoms with Gasteiger partial charge >= 0.3 is 5.97 Å². The fourth-order valence-electron chi connectivity index (χ4n) is 1.79. The fourth-order valence-corrected chi connectivity index (χ4v) is 1.79. The van der Waals surface area contributed by atoms with Crippen molar-refractivity contribution in [2.45, 2.75) is 6.42 Å². The van der Waals surface area contributed by atoms with Crippen LogP contribution in [0.2, 0.25) is 0 Å². The van der Waals surface area contributed by atoms with Gasteiger partial charge in [-0.1, -0.05) is 12.1 Å². The number of aliphatic carboxylic acids is 1. The highest BCUT2D eigenvalue weighted by Crippen LogP contribution is 2.25. The summed E-state index contributed by atoms with van der Waals surface area (Å²) in [5.41, 5.74) is 0.593. The van der Waals surface area contributed by atoms with Crippen LogP contribution in [-0.4, -0.2) is 22.1 Å². The SMILES string of the molecule is O=C(O)Cc1ccc(O)c(NC(=O)c2cccc(F)c2)c1. The number of carbonyl (C=O) groups is 2. The summed E-state index contributed by atoms with van der Waals surface area (Å²) in [6.07, 6.45) is -0.233. The van der Waals surface area contributed by atoms with E-state index < -0.39 is 17.7 Å². The first-order valence-electron chi connectivity index (χ1n) is 6.06. The van der Waals surface area contributed by atoms with Crippen molar-refractivity contribution in [3.63, 3.8) is 0 Å². The number of hydrogen-bond acceptors (Lipinski definition) is 3. The third kappa shape index (κ3) is 3.79. The van der Waals surface area contributed by atoms with Gasteiger partial charge in [0.2, 0.25) is 0 Å². The standard InChI is InChI=1S/C15H12FNO4/c16-11-3-1-2-10(8-11)15(21)17-12-6-9(7-14(19)20)4-5-13(12)18/h1-6,8,18H,7H2,(H,17,21)(H,19,20). The van der Waals surface area contributed by atoms with Crippen LogP contribution < -0.4 is 5.32 Å². The maximum absolute atomic E-state index is 13.1. The molecule has 21 heavy (non-hydrogen) atoms. The third-order valence-corrected chi connectivity index (χ3v) is 2.75. The van der Waals surface area contributed by atoms with E-state index in [2.05, 4.69) is 5.32 Å². The molecule has 0 aromatic heterocycles. The quantitative estimate of drug-likeness (QED) is 0.754. The minimum Gasteiger partial charge on any atom is -0.506 e. The summed E-state index contributed by atoms with van der Waals surface area (Å²) < 4.78 is 13.1. The lowest BCUT2D eigenvalue weighted by Crippen LogP contribution is -2.12. The van der Waals surface area contributed by atoms with Gasteiger partial charge < -0.3 is 15.5 Å². The van der Waals surface area contributed by atoms with Crippen LogP contribution in [0.25, 0.3) is 0 Å². The Hall–Kier alpha value is -2.89. The summed E-state index contributed by atoms with van der Waals surface area (Å²) in [5.74, 6) is -2.37. The molecule has 0 saturated heterocycles. The average Bonchev–Trinajstić information content (AvgIpc) is 2.42. The molecule has 0 fully saturated rings. The first kappa shape index (κ1) is 14.5. The smallest absolute Gasteiger partial charge is 0.307 e. The van der Waals surface area contributed by atoms with E-state index in [1.807, 2.05) is 0 Å². The normalized spacial score (nSPS) is 10.1. The van der Waals surface area contributed by atoms with Gasteiger partial charge in [-0.25, -0.2) is 4.39 Å². The summed E-state index contributed by atoms with van der Waals surface area (Å²) in [6.45, 7) is 0. The molecule has 0 aliphatic rings. The minimum absolute atomic E-state index is 0.0722.